The molecule has 2 aromatic carbocycles. The van der Waals surface area contributed by atoms with Gasteiger partial charge in [0.25, 0.3) is 0 Å². The average Bonchev–Trinajstić information content (AvgIpc) is 2.70. The lowest BCUT2D eigenvalue weighted by atomic mass is 10.1. The quantitative estimate of drug-likeness (QED) is 0.704. The Balaban J connectivity index is 2.34. The van der Waals surface area contributed by atoms with Gasteiger partial charge in [-0.3, -0.25) is 13.9 Å². The molecule has 2 rings (SSSR count). The van der Waals surface area contributed by atoms with E-state index in [2.05, 4.69) is 5.32 Å². The second-order valence-electron chi connectivity index (χ2n) is 6.54. The minimum atomic E-state index is -3.74. The molecule has 0 bridgehead atoms. The largest absolute Gasteiger partial charge is 0.357 e. The van der Waals surface area contributed by atoms with Crippen molar-refractivity contribution in [2.24, 2.45) is 0 Å². The zero-order valence-electron chi connectivity index (χ0n) is 16.5. The third-order valence-corrected chi connectivity index (χ3v) is 5.54. The van der Waals surface area contributed by atoms with Crippen LogP contribution in [0, 0.1) is 5.82 Å². The van der Waals surface area contributed by atoms with E-state index in [1.165, 1.54) is 36.2 Å². The number of anilines is 1. The van der Waals surface area contributed by atoms with Gasteiger partial charge in [0.15, 0.2) is 0 Å². The van der Waals surface area contributed by atoms with E-state index in [4.69, 9.17) is 0 Å². The number of sulfonamides is 1. The molecule has 1 N–H and O–H groups in total. The van der Waals surface area contributed by atoms with E-state index in [1.807, 2.05) is 0 Å². The second kappa shape index (κ2) is 9.51. The SMILES string of the molecule is CNC(=O)[C@@H](C)N(Cc1ccc(F)cc1)C(=O)CN(c1ccccc1)S(C)(=O)=O. The summed E-state index contributed by atoms with van der Waals surface area (Å²) in [5.74, 6) is -1.37. The molecule has 0 fully saturated rings. The number of carbonyl (C=O) groups excluding carboxylic acids is 2. The third kappa shape index (κ3) is 6.02. The van der Waals surface area contributed by atoms with Crippen LogP contribution in [0.5, 0.6) is 0 Å². The Morgan fingerprint density at radius 2 is 1.66 bits per heavy atom. The number of benzene rings is 2. The lowest BCUT2D eigenvalue weighted by Gasteiger charge is -2.31. The van der Waals surface area contributed by atoms with E-state index in [0.29, 0.717) is 11.3 Å². The lowest BCUT2D eigenvalue weighted by Crippen LogP contribution is -2.50. The zero-order valence-corrected chi connectivity index (χ0v) is 17.3. The van der Waals surface area contributed by atoms with Crippen molar-refractivity contribution in [1.29, 1.82) is 0 Å². The highest BCUT2D eigenvalue weighted by molar-refractivity contribution is 7.92. The first-order chi connectivity index (χ1) is 13.6. The summed E-state index contributed by atoms with van der Waals surface area (Å²) in [6, 6.07) is 12.9. The molecule has 156 valence electrons. The van der Waals surface area contributed by atoms with Crippen LogP contribution in [0.2, 0.25) is 0 Å². The fourth-order valence-electron chi connectivity index (χ4n) is 2.79. The van der Waals surface area contributed by atoms with Gasteiger partial charge in [0, 0.05) is 13.6 Å². The molecule has 0 heterocycles. The van der Waals surface area contributed by atoms with Crippen LogP contribution in [0.15, 0.2) is 54.6 Å². The Bertz CT molecular complexity index is 949. The van der Waals surface area contributed by atoms with Gasteiger partial charge in [0.1, 0.15) is 18.4 Å². The van der Waals surface area contributed by atoms with Crippen LogP contribution in [0.3, 0.4) is 0 Å². The monoisotopic (exact) mass is 421 g/mol. The third-order valence-electron chi connectivity index (χ3n) is 4.40. The van der Waals surface area contributed by atoms with Crippen molar-refractivity contribution in [3.8, 4) is 0 Å². The smallest absolute Gasteiger partial charge is 0.244 e. The highest BCUT2D eigenvalue weighted by Crippen LogP contribution is 2.18. The number of para-hydroxylation sites is 1. The molecule has 1 atom stereocenters. The Hall–Kier alpha value is -2.94. The van der Waals surface area contributed by atoms with Crippen molar-refractivity contribution in [3.05, 3.63) is 66.0 Å². The topological polar surface area (TPSA) is 86.8 Å². The van der Waals surface area contributed by atoms with Crippen LogP contribution in [-0.2, 0) is 26.2 Å². The first-order valence-corrected chi connectivity index (χ1v) is 10.8. The van der Waals surface area contributed by atoms with Gasteiger partial charge in [-0.05, 0) is 36.8 Å². The van der Waals surface area contributed by atoms with Gasteiger partial charge in [0.05, 0.1) is 11.9 Å². The highest BCUT2D eigenvalue weighted by atomic mass is 32.2. The van der Waals surface area contributed by atoms with E-state index in [1.54, 1.807) is 37.3 Å². The number of carbonyl (C=O) groups is 2. The Labute approximate surface area is 170 Å². The second-order valence-corrected chi connectivity index (χ2v) is 8.45. The van der Waals surface area contributed by atoms with E-state index in [-0.39, 0.29) is 6.54 Å². The van der Waals surface area contributed by atoms with Crippen molar-refractivity contribution in [2.75, 3.05) is 24.2 Å². The van der Waals surface area contributed by atoms with Crippen molar-refractivity contribution < 1.29 is 22.4 Å². The number of likely N-dealkylation sites (N-methyl/N-ethyl adjacent to an activating group) is 1. The lowest BCUT2D eigenvalue weighted by molar-refractivity contribution is -0.139. The maximum absolute atomic E-state index is 13.2. The Morgan fingerprint density at radius 1 is 1.07 bits per heavy atom. The maximum atomic E-state index is 13.2. The number of amides is 2. The molecule has 0 radical (unpaired) electrons. The van der Waals surface area contributed by atoms with Crippen molar-refractivity contribution >= 4 is 27.5 Å². The first kappa shape index (κ1) is 22.4. The van der Waals surface area contributed by atoms with Gasteiger partial charge in [-0.25, -0.2) is 12.8 Å². The van der Waals surface area contributed by atoms with Crippen molar-refractivity contribution in [1.82, 2.24) is 10.2 Å². The molecule has 2 aromatic rings. The molecule has 0 aliphatic heterocycles. The molecule has 0 aliphatic rings. The van der Waals surface area contributed by atoms with Crippen LogP contribution in [0.4, 0.5) is 10.1 Å². The summed E-state index contributed by atoms with van der Waals surface area (Å²) in [6.45, 7) is 1.11. The van der Waals surface area contributed by atoms with E-state index < -0.39 is 40.2 Å². The fraction of sp³-hybridized carbons (Fsp3) is 0.300. The van der Waals surface area contributed by atoms with Crippen molar-refractivity contribution in [3.63, 3.8) is 0 Å². The first-order valence-electron chi connectivity index (χ1n) is 8.91. The molecule has 9 heteroatoms. The molecule has 0 spiro atoms. The summed E-state index contributed by atoms with van der Waals surface area (Å²) in [6.07, 6.45) is 1.01. The van der Waals surface area contributed by atoms with E-state index >= 15 is 0 Å². The molecule has 2 amide bonds. The van der Waals surface area contributed by atoms with E-state index in [0.717, 1.165) is 10.6 Å². The predicted octanol–water partition coefficient (Wildman–Crippen LogP) is 1.75. The van der Waals surface area contributed by atoms with Crippen LogP contribution < -0.4 is 9.62 Å². The van der Waals surface area contributed by atoms with Crippen LogP contribution in [-0.4, -0.2) is 51.0 Å². The fourth-order valence-corrected chi connectivity index (χ4v) is 3.64. The molecule has 29 heavy (non-hydrogen) atoms. The molecule has 0 saturated carbocycles. The van der Waals surface area contributed by atoms with Gasteiger partial charge in [0.2, 0.25) is 21.8 Å². The van der Waals surface area contributed by atoms with Crippen LogP contribution in [0.1, 0.15) is 12.5 Å². The average molecular weight is 421 g/mol. The summed E-state index contributed by atoms with van der Waals surface area (Å²) >= 11 is 0. The van der Waals surface area contributed by atoms with Gasteiger partial charge in [-0.1, -0.05) is 30.3 Å². The van der Waals surface area contributed by atoms with Crippen LogP contribution in [0.25, 0.3) is 0 Å². The van der Waals surface area contributed by atoms with Gasteiger partial charge >= 0.3 is 0 Å². The molecule has 0 saturated heterocycles. The summed E-state index contributed by atoms with van der Waals surface area (Å²) in [5, 5.41) is 2.49. The summed E-state index contributed by atoms with van der Waals surface area (Å²) < 4.78 is 38.7. The standard InChI is InChI=1S/C20H24FN3O4S/c1-15(20(26)22-2)23(13-16-9-11-17(21)12-10-16)19(25)14-24(29(3,27)28)18-7-5-4-6-8-18/h4-12,15H,13-14H2,1-3H3,(H,22,26)/t15-/m1/s1. The highest BCUT2D eigenvalue weighted by Gasteiger charge is 2.29. The molecule has 0 unspecified atom stereocenters. The molecule has 0 aromatic heterocycles. The Morgan fingerprint density at radius 3 is 2.17 bits per heavy atom. The zero-order chi connectivity index (χ0) is 21.6. The van der Waals surface area contributed by atoms with Gasteiger partial charge < -0.3 is 10.2 Å². The van der Waals surface area contributed by atoms with Gasteiger partial charge in [-0.2, -0.15) is 0 Å². The molecular formula is C20H24FN3O4S. The number of nitrogens with one attached hydrogen (secondary N) is 1. The summed E-state index contributed by atoms with van der Waals surface area (Å²) in [4.78, 5) is 26.5. The number of halogens is 1. The number of rotatable bonds is 8. The van der Waals surface area contributed by atoms with Crippen LogP contribution >= 0.6 is 0 Å². The normalized spacial score (nSPS) is 12.1. The molecule has 0 aliphatic carbocycles. The van der Waals surface area contributed by atoms with Gasteiger partial charge in [-0.15, -0.1) is 0 Å². The number of nitrogens with zero attached hydrogens (tertiary/aromatic N) is 2. The van der Waals surface area contributed by atoms with E-state index in [9.17, 15) is 22.4 Å². The maximum Gasteiger partial charge on any atom is 0.244 e. The van der Waals surface area contributed by atoms with Crippen molar-refractivity contribution in [2.45, 2.75) is 19.5 Å². The Kier molecular flexibility index (Phi) is 7.33. The number of hydrogen-bond donors (Lipinski definition) is 1. The predicted molar refractivity (Wildman–Crippen MR) is 109 cm³/mol. The number of hydrogen-bond acceptors (Lipinski definition) is 4. The minimum absolute atomic E-state index is 0.0279. The summed E-state index contributed by atoms with van der Waals surface area (Å²) in [5.41, 5.74) is 0.957. The minimum Gasteiger partial charge on any atom is -0.357 e. The summed E-state index contributed by atoms with van der Waals surface area (Å²) in [7, 11) is -2.29. The molecule has 7 nitrogen and oxygen atoms in total. The molecular weight excluding hydrogens is 397 g/mol.